The highest BCUT2D eigenvalue weighted by Gasteiger charge is 2.27. The van der Waals surface area contributed by atoms with E-state index >= 15 is 0 Å². The van der Waals surface area contributed by atoms with Gasteiger partial charge in [-0.1, -0.05) is 6.92 Å². The lowest BCUT2D eigenvalue weighted by atomic mass is 10.1. The maximum atomic E-state index is 12.2. The molecule has 0 aliphatic carbocycles. The first-order chi connectivity index (χ1) is 11.8. The molecule has 1 rings (SSSR count). The fourth-order valence-electron chi connectivity index (χ4n) is 2.25. The average molecular weight is 370 g/mol. The Kier molecular flexibility index (Phi) is 8.36. The van der Waals surface area contributed by atoms with Gasteiger partial charge >= 0.3 is 5.97 Å². The van der Waals surface area contributed by atoms with Crippen molar-refractivity contribution in [3.05, 3.63) is 16.0 Å². The standard InChI is InChI=1S/C16H26N4O4S/c1-5-7-19-11(21)9-20(4)8-10-12(16(23)24-6-2)14(17)25-13(10)15(22)18-3/h5-9,17H2,1-4H3,(H,18,22)(H,19,21). The minimum atomic E-state index is -0.565. The molecule has 0 saturated heterocycles. The molecule has 0 radical (unpaired) electrons. The number of nitrogens with one attached hydrogen (secondary N) is 2. The molecule has 0 aliphatic heterocycles. The van der Waals surface area contributed by atoms with Crippen molar-refractivity contribution in [2.75, 3.05) is 39.5 Å². The first-order valence-electron chi connectivity index (χ1n) is 8.11. The minimum Gasteiger partial charge on any atom is -0.462 e. The van der Waals surface area contributed by atoms with Crippen LogP contribution in [0.1, 0.15) is 45.9 Å². The SMILES string of the molecule is CCCNC(=O)CN(C)Cc1c(C(=O)NC)sc(N)c1C(=O)OCC. The highest BCUT2D eigenvalue weighted by atomic mass is 32.1. The number of esters is 1. The Morgan fingerprint density at radius 1 is 1.28 bits per heavy atom. The molecule has 0 saturated carbocycles. The second-order valence-corrected chi connectivity index (χ2v) is 6.52. The summed E-state index contributed by atoms with van der Waals surface area (Å²) in [5.74, 6) is -1.01. The number of hydrogen-bond acceptors (Lipinski definition) is 7. The van der Waals surface area contributed by atoms with E-state index < -0.39 is 5.97 Å². The zero-order valence-electron chi connectivity index (χ0n) is 15.1. The molecule has 0 spiro atoms. The van der Waals surface area contributed by atoms with E-state index in [1.807, 2.05) is 6.92 Å². The third-order valence-electron chi connectivity index (χ3n) is 3.36. The lowest BCUT2D eigenvalue weighted by Gasteiger charge is -2.17. The molecule has 9 heteroatoms. The zero-order chi connectivity index (χ0) is 19.0. The smallest absolute Gasteiger partial charge is 0.341 e. The summed E-state index contributed by atoms with van der Waals surface area (Å²) in [6.07, 6.45) is 0.852. The van der Waals surface area contributed by atoms with Gasteiger partial charge in [0, 0.05) is 25.7 Å². The van der Waals surface area contributed by atoms with Crippen LogP contribution in [0.4, 0.5) is 5.00 Å². The van der Waals surface area contributed by atoms with Gasteiger partial charge in [0.2, 0.25) is 5.91 Å². The number of carbonyl (C=O) groups is 3. The monoisotopic (exact) mass is 370 g/mol. The van der Waals surface area contributed by atoms with Gasteiger partial charge < -0.3 is 21.1 Å². The van der Waals surface area contributed by atoms with Gasteiger partial charge in [-0.3, -0.25) is 14.5 Å². The predicted molar refractivity (Wildman–Crippen MR) is 97.7 cm³/mol. The summed E-state index contributed by atoms with van der Waals surface area (Å²) in [7, 11) is 3.25. The molecule has 0 aromatic carbocycles. The topological polar surface area (TPSA) is 114 Å². The van der Waals surface area contributed by atoms with Gasteiger partial charge in [0.25, 0.3) is 5.91 Å². The van der Waals surface area contributed by atoms with Crippen molar-refractivity contribution in [1.82, 2.24) is 15.5 Å². The maximum Gasteiger partial charge on any atom is 0.341 e. The molecular weight excluding hydrogens is 344 g/mol. The van der Waals surface area contributed by atoms with Crippen molar-refractivity contribution in [3.8, 4) is 0 Å². The molecule has 140 valence electrons. The Morgan fingerprint density at radius 2 is 1.96 bits per heavy atom. The van der Waals surface area contributed by atoms with Gasteiger partial charge in [-0.2, -0.15) is 0 Å². The third-order valence-corrected chi connectivity index (χ3v) is 4.42. The highest BCUT2D eigenvalue weighted by molar-refractivity contribution is 7.18. The Morgan fingerprint density at radius 3 is 2.52 bits per heavy atom. The summed E-state index contributed by atoms with van der Waals surface area (Å²) in [6, 6.07) is 0. The second kappa shape index (κ2) is 10.00. The van der Waals surface area contributed by atoms with Crippen molar-refractivity contribution in [1.29, 1.82) is 0 Å². The molecular formula is C16H26N4O4S. The largest absolute Gasteiger partial charge is 0.462 e. The highest BCUT2D eigenvalue weighted by Crippen LogP contribution is 2.32. The van der Waals surface area contributed by atoms with E-state index in [2.05, 4.69) is 10.6 Å². The van der Waals surface area contributed by atoms with E-state index in [9.17, 15) is 14.4 Å². The number of anilines is 1. The summed E-state index contributed by atoms with van der Waals surface area (Å²) >= 11 is 1.04. The van der Waals surface area contributed by atoms with Gasteiger partial charge in [0.1, 0.15) is 5.00 Å². The van der Waals surface area contributed by atoms with Crippen LogP contribution in [0.25, 0.3) is 0 Å². The normalized spacial score (nSPS) is 10.6. The first-order valence-corrected chi connectivity index (χ1v) is 8.92. The number of rotatable bonds is 9. The Balaban J connectivity index is 3.07. The number of nitrogen functional groups attached to an aromatic ring is 1. The number of likely N-dealkylation sites (N-methyl/N-ethyl adjacent to an activating group) is 1. The molecule has 0 bridgehead atoms. The molecule has 0 aliphatic rings. The minimum absolute atomic E-state index is 0.119. The number of nitrogens with two attached hydrogens (primary N) is 1. The van der Waals surface area contributed by atoms with Crippen LogP contribution in [0.2, 0.25) is 0 Å². The Labute approximate surface area is 151 Å². The summed E-state index contributed by atoms with van der Waals surface area (Å²) in [4.78, 5) is 38.3. The fraction of sp³-hybridized carbons (Fsp3) is 0.562. The molecule has 1 aromatic heterocycles. The van der Waals surface area contributed by atoms with Crippen LogP contribution in [0, 0.1) is 0 Å². The molecule has 25 heavy (non-hydrogen) atoms. The van der Waals surface area contributed by atoms with Gasteiger partial charge in [-0.15, -0.1) is 11.3 Å². The van der Waals surface area contributed by atoms with Crippen molar-refractivity contribution in [3.63, 3.8) is 0 Å². The Hall–Kier alpha value is -2.13. The Bertz CT molecular complexity index is 630. The summed E-state index contributed by atoms with van der Waals surface area (Å²) in [5.41, 5.74) is 6.63. The van der Waals surface area contributed by atoms with Crippen LogP contribution >= 0.6 is 11.3 Å². The molecule has 0 fully saturated rings. The number of carbonyl (C=O) groups excluding carboxylic acids is 3. The van der Waals surface area contributed by atoms with E-state index in [0.717, 1.165) is 17.8 Å². The molecule has 1 heterocycles. The maximum absolute atomic E-state index is 12.2. The molecule has 2 amide bonds. The van der Waals surface area contributed by atoms with Crippen molar-refractivity contribution in [2.24, 2.45) is 0 Å². The molecule has 0 atom stereocenters. The van der Waals surface area contributed by atoms with Crippen LogP contribution in [-0.2, 0) is 16.1 Å². The van der Waals surface area contributed by atoms with Crippen LogP contribution in [0.15, 0.2) is 0 Å². The van der Waals surface area contributed by atoms with Crippen molar-refractivity contribution < 1.29 is 19.1 Å². The zero-order valence-corrected chi connectivity index (χ0v) is 15.9. The van der Waals surface area contributed by atoms with E-state index in [1.165, 1.54) is 7.05 Å². The van der Waals surface area contributed by atoms with Crippen LogP contribution in [0.5, 0.6) is 0 Å². The number of thiophene rings is 1. The lowest BCUT2D eigenvalue weighted by molar-refractivity contribution is -0.122. The molecule has 1 aromatic rings. The number of amides is 2. The van der Waals surface area contributed by atoms with E-state index in [4.69, 9.17) is 10.5 Å². The lowest BCUT2D eigenvalue weighted by Crippen LogP contribution is -2.35. The van der Waals surface area contributed by atoms with Crippen molar-refractivity contribution >= 4 is 34.1 Å². The van der Waals surface area contributed by atoms with E-state index in [0.29, 0.717) is 17.0 Å². The number of nitrogens with zero attached hydrogens (tertiary/aromatic N) is 1. The molecule has 4 N–H and O–H groups in total. The van der Waals surface area contributed by atoms with E-state index in [1.54, 1.807) is 18.9 Å². The second-order valence-electron chi connectivity index (χ2n) is 5.47. The molecule has 8 nitrogen and oxygen atoms in total. The summed E-state index contributed by atoms with van der Waals surface area (Å²) in [5, 5.41) is 5.56. The number of hydrogen-bond donors (Lipinski definition) is 3. The van der Waals surface area contributed by atoms with Crippen LogP contribution in [-0.4, -0.2) is 56.5 Å². The van der Waals surface area contributed by atoms with Gasteiger partial charge in [0.05, 0.1) is 23.6 Å². The predicted octanol–water partition coefficient (Wildman–Crippen LogP) is 0.825. The summed E-state index contributed by atoms with van der Waals surface area (Å²) < 4.78 is 5.05. The summed E-state index contributed by atoms with van der Waals surface area (Å²) in [6.45, 7) is 4.85. The van der Waals surface area contributed by atoms with Gasteiger partial charge in [-0.05, 0) is 20.4 Å². The quantitative estimate of drug-likeness (QED) is 0.555. The van der Waals surface area contributed by atoms with E-state index in [-0.39, 0.29) is 42.1 Å². The van der Waals surface area contributed by atoms with Crippen LogP contribution in [0.3, 0.4) is 0 Å². The van der Waals surface area contributed by atoms with Crippen LogP contribution < -0.4 is 16.4 Å². The molecule has 0 unspecified atom stereocenters. The average Bonchev–Trinajstić information content (AvgIpc) is 2.88. The first kappa shape index (κ1) is 20.9. The third kappa shape index (κ3) is 5.71. The van der Waals surface area contributed by atoms with Gasteiger partial charge in [0.15, 0.2) is 0 Å². The van der Waals surface area contributed by atoms with Gasteiger partial charge in [-0.25, -0.2) is 4.79 Å². The fourth-order valence-corrected chi connectivity index (χ4v) is 3.26. The number of ether oxygens (including phenoxy) is 1. The van der Waals surface area contributed by atoms with Crippen molar-refractivity contribution in [2.45, 2.75) is 26.8 Å².